The summed E-state index contributed by atoms with van der Waals surface area (Å²) in [6, 6.07) is 14.4. The third-order valence-corrected chi connectivity index (χ3v) is 5.87. The molecule has 0 saturated heterocycles. The van der Waals surface area contributed by atoms with E-state index < -0.39 is 15.9 Å². The van der Waals surface area contributed by atoms with Gasteiger partial charge in [-0.05, 0) is 30.2 Å². The van der Waals surface area contributed by atoms with E-state index in [0.29, 0.717) is 18.0 Å². The van der Waals surface area contributed by atoms with Gasteiger partial charge < -0.3 is 9.64 Å². The summed E-state index contributed by atoms with van der Waals surface area (Å²) >= 11 is 0. The lowest BCUT2D eigenvalue weighted by atomic mass is 10.1. The fourth-order valence-corrected chi connectivity index (χ4v) is 4.51. The number of carbonyl (C=O) groups is 1. The van der Waals surface area contributed by atoms with E-state index in [1.807, 2.05) is 24.3 Å². The zero-order valence-corrected chi connectivity index (χ0v) is 15.6. The zero-order valence-electron chi connectivity index (χ0n) is 14.8. The van der Waals surface area contributed by atoms with Crippen LogP contribution in [0.3, 0.4) is 0 Å². The quantitative estimate of drug-likeness (QED) is 0.843. The summed E-state index contributed by atoms with van der Waals surface area (Å²) in [5, 5.41) is 0. The number of amides is 1. The van der Waals surface area contributed by atoms with Gasteiger partial charge in [0.15, 0.2) is 0 Å². The molecular formula is C19H22N2O4S. The molecule has 2 aromatic rings. The summed E-state index contributed by atoms with van der Waals surface area (Å²) < 4.78 is 32.5. The molecule has 0 aliphatic carbocycles. The van der Waals surface area contributed by atoms with Gasteiger partial charge in [-0.15, -0.1) is 0 Å². The first-order chi connectivity index (χ1) is 12.4. The molecule has 0 spiro atoms. The van der Waals surface area contributed by atoms with Crippen LogP contribution in [0.15, 0.2) is 48.5 Å². The van der Waals surface area contributed by atoms with Gasteiger partial charge in [-0.1, -0.05) is 31.2 Å². The molecule has 0 aromatic heterocycles. The number of nitrogens with one attached hydrogen (secondary N) is 1. The summed E-state index contributed by atoms with van der Waals surface area (Å²) in [6.07, 6.45) is 0.795. The van der Waals surface area contributed by atoms with Crippen molar-refractivity contribution in [2.24, 2.45) is 5.92 Å². The number of carbonyl (C=O) groups excluding carboxylic acids is 1. The van der Waals surface area contributed by atoms with Crippen molar-refractivity contribution in [3.8, 4) is 5.75 Å². The topological polar surface area (TPSA) is 75.7 Å². The zero-order chi connectivity index (χ0) is 18.7. The Morgan fingerprint density at radius 2 is 2.00 bits per heavy atom. The molecule has 1 atom stereocenters. The number of ether oxygens (including phenoxy) is 1. The molecule has 0 bridgehead atoms. The first-order valence-corrected chi connectivity index (χ1v) is 10.1. The second-order valence-electron chi connectivity index (χ2n) is 6.39. The molecule has 0 fully saturated rings. The lowest BCUT2D eigenvalue weighted by Gasteiger charge is -2.22. The Labute approximate surface area is 153 Å². The van der Waals surface area contributed by atoms with E-state index in [9.17, 15) is 13.2 Å². The number of hydrogen-bond acceptors (Lipinski definition) is 4. The fourth-order valence-electron chi connectivity index (χ4n) is 3.14. The minimum Gasteiger partial charge on any atom is -0.497 e. The monoisotopic (exact) mass is 374 g/mol. The van der Waals surface area contributed by atoms with Crippen LogP contribution in [0.5, 0.6) is 5.75 Å². The Balaban J connectivity index is 1.68. The highest BCUT2D eigenvalue weighted by molar-refractivity contribution is 7.92. The first-order valence-electron chi connectivity index (χ1n) is 8.43. The van der Waals surface area contributed by atoms with E-state index in [2.05, 4.69) is 4.72 Å². The maximum Gasteiger partial charge on any atom is 0.233 e. The van der Waals surface area contributed by atoms with Gasteiger partial charge in [-0.3, -0.25) is 9.52 Å². The van der Waals surface area contributed by atoms with Crippen molar-refractivity contribution < 1.29 is 17.9 Å². The van der Waals surface area contributed by atoms with Crippen LogP contribution in [0, 0.1) is 5.92 Å². The summed E-state index contributed by atoms with van der Waals surface area (Å²) in [5.41, 5.74) is 2.41. The van der Waals surface area contributed by atoms with Crippen LogP contribution >= 0.6 is 0 Å². The largest absolute Gasteiger partial charge is 0.497 e. The van der Waals surface area contributed by atoms with Crippen LogP contribution in [-0.2, 0) is 21.2 Å². The Hall–Kier alpha value is -2.54. The number of methoxy groups -OCH3 is 1. The maximum absolute atomic E-state index is 12.8. The summed E-state index contributed by atoms with van der Waals surface area (Å²) in [6.45, 7) is 2.24. The minimum absolute atomic E-state index is 0.175. The molecule has 0 radical (unpaired) electrons. The van der Waals surface area contributed by atoms with Gasteiger partial charge in [0.05, 0.1) is 24.5 Å². The van der Waals surface area contributed by atoms with E-state index in [1.165, 1.54) is 7.11 Å². The molecule has 2 aromatic carbocycles. The fraction of sp³-hybridized carbons (Fsp3) is 0.316. The standard InChI is InChI=1S/C19H22N2O4S/c1-14(19(22)21-11-10-15-6-3-4-9-18(15)21)13-26(23,24)20-16-7-5-8-17(12-16)25-2/h3-9,12,14,20H,10-11,13H2,1-2H3. The molecule has 1 unspecified atom stereocenters. The summed E-state index contributed by atoms with van der Waals surface area (Å²) in [5.74, 6) is -0.542. The maximum atomic E-state index is 12.8. The molecular weight excluding hydrogens is 352 g/mol. The average molecular weight is 374 g/mol. The summed E-state index contributed by atoms with van der Waals surface area (Å²) in [4.78, 5) is 14.4. The van der Waals surface area contributed by atoms with Crippen LogP contribution in [0.25, 0.3) is 0 Å². The van der Waals surface area contributed by atoms with Crippen molar-refractivity contribution in [1.82, 2.24) is 0 Å². The molecule has 0 saturated carbocycles. The van der Waals surface area contributed by atoms with E-state index in [0.717, 1.165) is 17.7 Å². The van der Waals surface area contributed by atoms with Gasteiger partial charge in [0.1, 0.15) is 5.75 Å². The number of nitrogens with zero attached hydrogens (tertiary/aromatic N) is 1. The van der Waals surface area contributed by atoms with Crippen LogP contribution in [0.2, 0.25) is 0 Å². The molecule has 1 aliphatic rings. The average Bonchev–Trinajstić information content (AvgIpc) is 3.04. The number of anilines is 2. The smallest absolute Gasteiger partial charge is 0.233 e. The normalized spacial score (nSPS) is 14.6. The van der Waals surface area contributed by atoms with Crippen LogP contribution in [0.1, 0.15) is 12.5 Å². The SMILES string of the molecule is COc1cccc(NS(=O)(=O)CC(C)C(=O)N2CCc3ccccc32)c1. The predicted octanol–water partition coefficient (Wildman–Crippen LogP) is 2.66. The van der Waals surface area contributed by atoms with E-state index in [-0.39, 0.29) is 11.7 Å². The predicted molar refractivity (Wildman–Crippen MR) is 102 cm³/mol. The first kappa shape index (κ1) is 18.3. The van der Waals surface area contributed by atoms with Gasteiger partial charge in [-0.25, -0.2) is 8.42 Å². The van der Waals surface area contributed by atoms with Gasteiger partial charge >= 0.3 is 0 Å². The number of hydrogen-bond donors (Lipinski definition) is 1. The van der Waals surface area contributed by atoms with Crippen LogP contribution < -0.4 is 14.4 Å². The third-order valence-electron chi connectivity index (χ3n) is 4.39. The molecule has 1 aliphatic heterocycles. The molecule has 3 rings (SSSR count). The van der Waals surface area contributed by atoms with Gasteiger partial charge in [-0.2, -0.15) is 0 Å². The molecule has 1 N–H and O–H groups in total. The highest BCUT2D eigenvalue weighted by atomic mass is 32.2. The van der Waals surface area contributed by atoms with Crippen molar-refractivity contribution in [2.45, 2.75) is 13.3 Å². The Morgan fingerprint density at radius 1 is 1.23 bits per heavy atom. The lowest BCUT2D eigenvalue weighted by molar-refractivity contribution is -0.121. The van der Waals surface area contributed by atoms with Crippen molar-refractivity contribution >= 4 is 27.3 Å². The van der Waals surface area contributed by atoms with Crippen LogP contribution in [0.4, 0.5) is 11.4 Å². The van der Waals surface area contributed by atoms with Crippen molar-refractivity contribution in [1.29, 1.82) is 0 Å². The molecule has 7 heteroatoms. The molecule has 6 nitrogen and oxygen atoms in total. The number of sulfonamides is 1. The van der Waals surface area contributed by atoms with E-state index >= 15 is 0 Å². The Morgan fingerprint density at radius 3 is 2.77 bits per heavy atom. The minimum atomic E-state index is -3.66. The number of fused-ring (bicyclic) bond motifs is 1. The van der Waals surface area contributed by atoms with Gasteiger partial charge in [0.2, 0.25) is 15.9 Å². The highest BCUT2D eigenvalue weighted by Gasteiger charge is 2.30. The van der Waals surface area contributed by atoms with Gasteiger partial charge in [0.25, 0.3) is 0 Å². The second-order valence-corrected chi connectivity index (χ2v) is 8.15. The molecule has 138 valence electrons. The van der Waals surface area contributed by atoms with Crippen molar-refractivity contribution in [3.05, 3.63) is 54.1 Å². The number of para-hydroxylation sites is 1. The number of rotatable bonds is 6. The highest BCUT2D eigenvalue weighted by Crippen LogP contribution is 2.29. The van der Waals surface area contributed by atoms with Crippen molar-refractivity contribution in [3.63, 3.8) is 0 Å². The van der Waals surface area contributed by atoms with E-state index in [1.54, 1.807) is 36.1 Å². The number of benzene rings is 2. The van der Waals surface area contributed by atoms with Gasteiger partial charge in [0, 0.05) is 18.3 Å². The van der Waals surface area contributed by atoms with E-state index in [4.69, 9.17) is 4.74 Å². The Bertz CT molecular complexity index is 911. The molecule has 26 heavy (non-hydrogen) atoms. The van der Waals surface area contributed by atoms with Crippen molar-refractivity contribution in [2.75, 3.05) is 29.0 Å². The second kappa shape index (κ2) is 7.37. The third kappa shape index (κ3) is 3.99. The molecule has 1 heterocycles. The summed E-state index contributed by atoms with van der Waals surface area (Å²) in [7, 11) is -2.15. The lowest BCUT2D eigenvalue weighted by Crippen LogP contribution is -2.37. The molecule has 1 amide bonds. The van der Waals surface area contributed by atoms with Crippen LogP contribution in [-0.4, -0.2) is 33.7 Å². The Kier molecular flexibility index (Phi) is 5.18.